The van der Waals surface area contributed by atoms with E-state index in [1.807, 2.05) is 50.2 Å². The van der Waals surface area contributed by atoms with Crippen LogP contribution < -0.4 is 5.32 Å². The molecule has 7 heteroatoms. The van der Waals surface area contributed by atoms with Crippen molar-refractivity contribution in [2.45, 2.75) is 17.9 Å². The zero-order valence-electron chi connectivity index (χ0n) is 14.5. The van der Waals surface area contributed by atoms with Crippen molar-refractivity contribution in [3.05, 3.63) is 47.4 Å². The van der Waals surface area contributed by atoms with E-state index in [9.17, 15) is 4.79 Å². The van der Waals surface area contributed by atoms with Gasteiger partial charge in [-0.2, -0.15) is 0 Å². The van der Waals surface area contributed by atoms with Gasteiger partial charge in [-0.25, -0.2) is 4.98 Å². The third-order valence-electron chi connectivity index (χ3n) is 3.67. The summed E-state index contributed by atoms with van der Waals surface area (Å²) in [5.41, 5.74) is 2.75. The number of carbonyl (C=O) groups excluding carboxylic acids is 1. The summed E-state index contributed by atoms with van der Waals surface area (Å²) in [7, 11) is 3.92. The normalized spacial score (nSPS) is 11.4. The Balaban J connectivity index is 1.57. The number of furan rings is 1. The third kappa shape index (κ3) is 4.43. The molecule has 0 aliphatic rings. The van der Waals surface area contributed by atoms with Crippen LogP contribution in [0.2, 0.25) is 0 Å². The van der Waals surface area contributed by atoms with Crippen molar-refractivity contribution >= 4 is 28.8 Å². The molecule has 1 N–H and O–H groups in total. The molecule has 0 fully saturated rings. The summed E-state index contributed by atoms with van der Waals surface area (Å²) in [5, 5.41) is 3.42. The second-order valence-electron chi connectivity index (χ2n) is 6.02. The van der Waals surface area contributed by atoms with E-state index in [1.54, 1.807) is 6.07 Å². The van der Waals surface area contributed by atoms with Crippen molar-refractivity contribution in [2.24, 2.45) is 0 Å². The van der Waals surface area contributed by atoms with Crippen LogP contribution in [-0.2, 0) is 5.75 Å². The molecule has 0 aliphatic carbocycles. The quantitative estimate of drug-likeness (QED) is 0.653. The lowest BCUT2D eigenvalue weighted by Crippen LogP contribution is -2.31. The maximum atomic E-state index is 12.0. The number of nitrogens with zero attached hydrogens (tertiary/aromatic N) is 2. The Labute approximate surface area is 150 Å². The molecule has 1 aromatic carbocycles. The Bertz CT molecular complexity index is 869. The fraction of sp³-hybridized carbons (Fsp3) is 0.333. The van der Waals surface area contributed by atoms with Crippen LogP contribution in [-0.4, -0.2) is 43.0 Å². The van der Waals surface area contributed by atoms with Gasteiger partial charge >= 0.3 is 0 Å². The zero-order chi connectivity index (χ0) is 17.8. The first-order chi connectivity index (χ1) is 12.0. The number of carbonyl (C=O) groups is 1. The number of oxazole rings is 1. The van der Waals surface area contributed by atoms with Crippen LogP contribution in [0.1, 0.15) is 21.9 Å². The van der Waals surface area contributed by atoms with Gasteiger partial charge in [0.1, 0.15) is 11.3 Å². The van der Waals surface area contributed by atoms with E-state index >= 15 is 0 Å². The van der Waals surface area contributed by atoms with Gasteiger partial charge in [0.2, 0.25) is 0 Å². The summed E-state index contributed by atoms with van der Waals surface area (Å²) in [5.74, 6) is 1.39. The summed E-state index contributed by atoms with van der Waals surface area (Å²) in [6.07, 6.45) is 0. The van der Waals surface area contributed by atoms with Crippen molar-refractivity contribution in [3.63, 3.8) is 0 Å². The number of nitrogens with one attached hydrogen (secondary N) is 1. The lowest BCUT2D eigenvalue weighted by molar-refractivity contribution is 0.0922. The number of fused-ring (bicyclic) bond motifs is 1. The van der Waals surface area contributed by atoms with Crippen molar-refractivity contribution in [2.75, 3.05) is 27.2 Å². The van der Waals surface area contributed by atoms with Gasteiger partial charge in [-0.1, -0.05) is 23.9 Å². The van der Waals surface area contributed by atoms with Crippen LogP contribution in [0.4, 0.5) is 0 Å². The molecule has 2 heterocycles. The molecule has 0 spiro atoms. The molecule has 0 saturated heterocycles. The standard InChI is InChI=1S/C18H21N3O3S/c1-12-5-4-6-14-16(12)20-18(24-14)25-11-13-7-8-15(23-13)17(22)19-9-10-21(2)3/h4-8H,9-11H2,1-3H3,(H,19,22). The van der Waals surface area contributed by atoms with Gasteiger partial charge in [0.15, 0.2) is 11.3 Å². The maximum Gasteiger partial charge on any atom is 0.287 e. The van der Waals surface area contributed by atoms with Crippen molar-refractivity contribution in [1.29, 1.82) is 0 Å². The molecular formula is C18H21N3O3S. The van der Waals surface area contributed by atoms with Crippen molar-refractivity contribution < 1.29 is 13.6 Å². The van der Waals surface area contributed by atoms with E-state index in [1.165, 1.54) is 11.8 Å². The lowest BCUT2D eigenvalue weighted by Gasteiger charge is -2.09. The molecule has 0 bridgehead atoms. The predicted molar refractivity (Wildman–Crippen MR) is 97.9 cm³/mol. The first kappa shape index (κ1) is 17.6. The molecule has 25 heavy (non-hydrogen) atoms. The Kier molecular flexibility index (Phi) is 5.45. The Morgan fingerprint density at radius 3 is 2.84 bits per heavy atom. The zero-order valence-corrected chi connectivity index (χ0v) is 15.4. The largest absolute Gasteiger partial charge is 0.455 e. The molecule has 0 saturated carbocycles. The second-order valence-corrected chi connectivity index (χ2v) is 6.94. The van der Waals surface area contributed by atoms with Crippen molar-refractivity contribution in [1.82, 2.24) is 15.2 Å². The van der Waals surface area contributed by atoms with Gasteiger partial charge in [-0.15, -0.1) is 0 Å². The molecule has 0 radical (unpaired) electrons. The molecule has 2 aromatic heterocycles. The van der Waals surface area contributed by atoms with Gasteiger partial charge in [-0.05, 0) is 44.8 Å². The minimum Gasteiger partial charge on any atom is -0.455 e. The number of hydrogen-bond acceptors (Lipinski definition) is 6. The van der Waals surface area contributed by atoms with Crippen LogP contribution in [0, 0.1) is 6.92 Å². The molecule has 132 valence electrons. The highest BCUT2D eigenvalue weighted by Crippen LogP contribution is 2.28. The highest BCUT2D eigenvalue weighted by Gasteiger charge is 2.13. The van der Waals surface area contributed by atoms with Gasteiger partial charge in [0.25, 0.3) is 11.1 Å². The van der Waals surface area contributed by atoms with Crippen molar-refractivity contribution in [3.8, 4) is 0 Å². The SMILES string of the molecule is Cc1cccc2oc(SCc3ccc(C(=O)NCCN(C)C)o3)nc12. The van der Waals surface area contributed by atoms with Gasteiger partial charge in [0, 0.05) is 13.1 Å². The van der Waals surface area contributed by atoms with Gasteiger partial charge in [-0.3, -0.25) is 4.79 Å². The average Bonchev–Trinajstić information content (AvgIpc) is 3.20. The maximum absolute atomic E-state index is 12.0. The molecule has 0 aliphatic heterocycles. The smallest absolute Gasteiger partial charge is 0.287 e. The predicted octanol–water partition coefficient (Wildman–Crippen LogP) is 3.31. The Morgan fingerprint density at radius 1 is 1.24 bits per heavy atom. The molecule has 3 aromatic rings. The molecule has 0 unspecified atom stereocenters. The fourth-order valence-electron chi connectivity index (χ4n) is 2.32. The summed E-state index contributed by atoms with van der Waals surface area (Å²) < 4.78 is 11.3. The van der Waals surface area contributed by atoms with E-state index < -0.39 is 0 Å². The number of likely N-dealkylation sites (N-methyl/N-ethyl adjacent to an activating group) is 1. The van der Waals surface area contributed by atoms with Crippen LogP contribution in [0.5, 0.6) is 0 Å². The number of hydrogen-bond donors (Lipinski definition) is 1. The summed E-state index contributed by atoms with van der Waals surface area (Å²) in [6, 6.07) is 9.36. The van der Waals surface area contributed by atoms with E-state index in [4.69, 9.17) is 8.83 Å². The van der Waals surface area contributed by atoms with E-state index in [-0.39, 0.29) is 5.91 Å². The Hall–Kier alpha value is -2.25. The third-order valence-corrected chi connectivity index (χ3v) is 4.52. The highest BCUT2D eigenvalue weighted by molar-refractivity contribution is 7.98. The van der Waals surface area contributed by atoms with E-state index in [2.05, 4.69) is 10.3 Å². The lowest BCUT2D eigenvalue weighted by atomic mass is 10.2. The van der Waals surface area contributed by atoms with Gasteiger partial charge in [0.05, 0.1) is 5.75 Å². The molecular weight excluding hydrogens is 338 g/mol. The van der Waals surface area contributed by atoms with Crippen LogP contribution in [0.3, 0.4) is 0 Å². The second kappa shape index (κ2) is 7.76. The number of aromatic nitrogens is 1. The Morgan fingerprint density at radius 2 is 2.08 bits per heavy atom. The molecule has 0 atom stereocenters. The first-order valence-electron chi connectivity index (χ1n) is 8.03. The van der Waals surface area contributed by atoms with Crippen LogP contribution in [0.15, 0.2) is 44.4 Å². The monoisotopic (exact) mass is 359 g/mol. The number of rotatable bonds is 7. The number of aryl methyl sites for hydroxylation is 1. The number of thioether (sulfide) groups is 1. The number of benzene rings is 1. The topological polar surface area (TPSA) is 71.5 Å². The minimum absolute atomic E-state index is 0.199. The molecule has 3 rings (SSSR count). The van der Waals surface area contributed by atoms with E-state index in [0.29, 0.717) is 29.0 Å². The average molecular weight is 359 g/mol. The highest BCUT2D eigenvalue weighted by atomic mass is 32.2. The first-order valence-corrected chi connectivity index (χ1v) is 9.02. The number of amides is 1. The summed E-state index contributed by atoms with van der Waals surface area (Å²) in [4.78, 5) is 18.5. The molecule has 1 amide bonds. The minimum atomic E-state index is -0.199. The molecule has 6 nitrogen and oxygen atoms in total. The number of para-hydroxylation sites is 1. The van der Waals surface area contributed by atoms with Crippen LogP contribution in [0.25, 0.3) is 11.1 Å². The fourth-order valence-corrected chi connectivity index (χ4v) is 3.04. The van der Waals surface area contributed by atoms with Gasteiger partial charge < -0.3 is 19.1 Å². The van der Waals surface area contributed by atoms with E-state index in [0.717, 1.165) is 23.2 Å². The van der Waals surface area contributed by atoms with Crippen LogP contribution >= 0.6 is 11.8 Å². The summed E-state index contributed by atoms with van der Waals surface area (Å²) >= 11 is 1.44. The summed E-state index contributed by atoms with van der Waals surface area (Å²) in [6.45, 7) is 3.37.